The molecule has 5 nitrogen and oxygen atoms in total. The van der Waals surface area contributed by atoms with Crippen LogP contribution in [0.15, 0.2) is 71.2 Å². The van der Waals surface area contributed by atoms with Gasteiger partial charge in [-0.2, -0.15) is 0 Å². The summed E-state index contributed by atoms with van der Waals surface area (Å²) in [5, 5.41) is 6.40. The Bertz CT molecular complexity index is 1040. The molecule has 0 radical (unpaired) electrons. The van der Waals surface area contributed by atoms with Gasteiger partial charge in [0.25, 0.3) is 5.91 Å². The van der Waals surface area contributed by atoms with Crippen LogP contribution >= 0.6 is 15.9 Å². The molecule has 0 bridgehead atoms. The molecule has 0 saturated carbocycles. The second-order valence-corrected chi connectivity index (χ2v) is 8.97. The number of hydrogen-bond acceptors (Lipinski definition) is 4. The van der Waals surface area contributed by atoms with Gasteiger partial charge in [-0.15, -0.1) is 0 Å². The Morgan fingerprint density at radius 3 is 2.45 bits per heavy atom. The Kier molecular flexibility index (Phi) is 9.34. The predicted octanol–water partition coefficient (Wildman–Crippen LogP) is 5.89. The maximum atomic E-state index is 12.3. The number of rotatable bonds is 11. The maximum absolute atomic E-state index is 12.3. The number of carbonyl (C=O) groups is 1. The van der Waals surface area contributed by atoms with Crippen LogP contribution < -0.4 is 20.1 Å². The van der Waals surface area contributed by atoms with E-state index in [9.17, 15) is 4.79 Å². The fourth-order valence-electron chi connectivity index (χ4n) is 3.41. The van der Waals surface area contributed by atoms with Crippen LogP contribution in [-0.2, 0) is 17.8 Å². The number of benzene rings is 3. The molecule has 1 amide bonds. The first-order chi connectivity index (χ1) is 15.9. The number of ether oxygens (including phenoxy) is 2. The Labute approximate surface area is 204 Å². The zero-order chi connectivity index (χ0) is 23.6. The van der Waals surface area contributed by atoms with Gasteiger partial charge in [0.15, 0.2) is 18.1 Å². The van der Waals surface area contributed by atoms with Crippen LogP contribution in [0.2, 0.25) is 0 Å². The number of aryl methyl sites for hydroxylation is 2. The molecule has 0 heterocycles. The molecule has 0 spiro atoms. The van der Waals surface area contributed by atoms with E-state index in [1.165, 1.54) is 5.56 Å². The van der Waals surface area contributed by atoms with E-state index < -0.39 is 0 Å². The minimum absolute atomic E-state index is 0.114. The standard InChI is InChI=1S/C27H31BrN2O3/c1-19-9-13-23(14-10-19)30-26(31)18-33-27-24(28)15-22(16-25(27)32-3)17-29-20(2)11-12-21-7-5-4-6-8-21/h4-10,13-16,20,29H,11-12,17-18H2,1-3H3,(H,30,31). The van der Waals surface area contributed by atoms with Crippen molar-refractivity contribution < 1.29 is 14.3 Å². The van der Waals surface area contributed by atoms with Crippen LogP contribution in [-0.4, -0.2) is 25.7 Å². The average molecular weight is 511 g/mol. The second kappa shape index (κ2) is 12.4. The van der Waals surface area contributed by atoms with Crippen LogP contribution in [0.25, 0.3) is 0 Å². The van der Waals surface area contributed by atoms with Crippen LogP contribution in [0.3, 0.4) is 0 Å². The smallest absolute Gasteiger partial charge is 0.262 e. The molecular formula is C27H31BrN2O3. The third-order valence-corrected chi connectivity index (χ3v) is 5.92. The zero-order valence-electron chi connectivity index (χ0n) is 19.4. The molecule has 3 aromatic carbocycles. The molecule has 3 aromatic rings. The van der Waals surface area contributed by atoms with E-state index in [0.29, 0.717) is 24.1 Å². The van der Waals surface area contributed by atoms with Crippen molar-refractivity contribution in [1.82, 2.24) is 5.32 Å². The summed E-state index contributed by atoms with van der Waals surface area (Å²) in [4.78, 5) is 12.3. The molecule has 1 atom stereocenters. The Morgan fingerprint density at radius 2 is 1.76 bits per heavy atom. The molecule has 0 saturated heterocycles. The fraction of sp³-hybridized carbons (Fsp3) is 0.296. The monoisotopic (exact) mass is 510 g/mol. The third kappa shape index (κ3) is 7.91. The van der Waals surface area contributed by atoms with Gasteiger partial charge < -0.3 is 20.1 Å². The highest BCUT2D eigenvalue weighted by molar-refractivity contribution is 9.10. The van der Waals surface area contributed by atoms with Crippen molar-refractivity contribution in [2.24, 2.45) is 0 Å². The van der Waals surface area contributed by atoms with Gasteiger partial charge in [-0.3, -0.25) is 4.79 Å². The lowest BCUT2D eigenvalue weighted by Crippen LogP contribution is -2.26. The van der Waals surface area contributed by atoms with E-state index in [-0.39, 0.29) is 12.5 Å². The first-order valence-corrected chi connectivity index (χ1v) is 11.9. The molecule has 33 heavy (non-hydrogen) atoms. The van der Waals surface area contributed by atoms with Crippen molar-refractivity contribution in [2.75, 3.05) is 19.0 Å². The highest BCUT2D eigenvalue weighted by atomic mass is 79.9. The molecule has 2 N–H and O–H groups in total. The number of hydrogen-bond donors (Lipinski definition) is 2. The minimum Gasteiger partial charge on any atom is -0.493 e. The molecule has 6 heteroatoms. The van der Waals surface area contributed by atoms with Crippen LogP contribution in [0.4, 0.5) is 5.69 Å². The van der Waals surface area contributed by atoms with Crippen molar-refractivity contribution in [3.05, 3.63) is 87.9 Å². The van der Waals surface area contributed by atoms with Crippen LogP contribution in [0.1, 0.15) is 30.0 Å². The van der Waals surface area contributed by atoms with E-state index in [1.807, 2.05) is 49.4 Å². The van der Waals surface area contributed by atoms with E-state index in [0.717, 1.165) is 34.1 Å². The number of methoxy groups -OCH3 is 1. The molecule has 174 valence electrons. The summed E-state index contributed by atoms with van der Waals surface area (Å²) in [5.41, 5.74) is 4.30. The summed E-state index contributed by atoms with van der Waals surface area (Å²) < 4.78 is 12.1. The SMILES string of the molecule is COc1cc(CNC(C)CCc2ccccc2)cc(Br)c1OCC(=O)Nc1ccc(C)cc1. The van der Waals surface area contributed by atoms with Gasteiger partial charge in [0.2, 0.25) is 0 Å². The summed E-state index contributed by atoms with van der Waals surface area (Å²) in [5.74, 6) is 0.865. The number of carbonyl (C=O) groups excluding carboxylic acids is 1. The molecule has 0 aromatic heterocycles. The molecular weight excluding hydrogens is 480 g/mol. The summed E-state index contributed by atoms with van der Waals surface area (Å²) in [6, 6.07) is 22.5. The zero-order valence-corrected chi connectivity index (χ0v) is 20.9. The van der Waals surface area contributed by atoms with Gasteiger partial charge in [-0.1, -0.05) is 48.0 Å². The fourth-order valence-corrected chi connectivity index (χ4v) is 4.01. The van der Waals surface area contributed by atoms with E-state index >= 15 is 0 Å². The number of halogens is 1. The van der Waals surface area contributed by atoms with E-state index in [2.05, 4.69) is 57.8 Å². The Morgan fingerprint density at radius 1 is 1.03 bits per heavy atom. The Hall–Kier alpha value is -2.83. The Balaban J connectivity index is 1.52. The number of nitrogens with one attached hydrogen (secondary N) is 2. The van der Waals surface area contributed by atoms with Gasteiger partial charge in [0.1, 0.15) is 0 Å². The quantitative estimate of drug-likeness (QED) is 0.337. The van der Waals surface area contributed by atoms with Gasteiger partial charge in [0.05, 0.1) is 11.6 Å². The van der Waals surface area contributed by atoms with Gasteiger partial charge in [-0.05, 0) is 78.0 Å². The number of amides is 1. The van der Waals surface area contributed by atoms with Crippen molar-refractivity contribution in [3.63, 3.8) is 0 Å². The van der Waals surface area contributed by atoms with Crippen LogP contribution in [0.5, 0.6) is 11.5 Å². The largest absolute Gasteiger partial charge is 0.493 e. The van der Waals surface area contributed by atoms with Gasteiger partial charge >= 0.3 is 0 Å². The van der Waals surface area contributed by atoms with Crippen molar-refractivity contribution in [2.45, 2.75) is 39.3 Å². The predicted molar refractivity (Wildman–Crippen MR) is 137 cm³/mol. The molecule has 1 unspecified atom stereocenters. The molecule has 0 aliphatic rings. The lowest BCUT2D eigenvalue weighted by Gasteiger charge is -2.17. The number of anilines is 1. The van der Waals surface area contributed by atoms with Crippen molar-refractivity contribution in [1.29, 1.82) is 0 Å². The lowest BCUT2D eigenvalue weighted by molar-refractivity contribution is -0.118. The van der Waals surface area contributed by atoms with Crippen molar-refractivity contribution in [3.8, 4) is 11.5 Å². The normalized spacial score (nSPS) is 11.6. The third-order valence-electron chi connectivity index (χ3n) is 5.34. The topological polar surface area (TPSA) is 59.6 Å². The molecule has 3 rings (SSSR count). The first-order valence-electron chi connectivity index (χ1n) is 11.1. The second-order valence-electron chi connectivity index (χ2n) is 8.12. The minimum atomic E-state index is -0.231. The molecule has 0 aliphatic carbocycles. The summed E-state index contributed by atoms with van der Waals surface area (Å²) >= 11 is 3.57. The summed E-state index contributed by atoms with van der Waals surface area (Å²) in [7, 11) is 1.60. The van der Waals surface area contributed by atoms with Crippen LogP contribution in [0, 0.1) is 6.92 Å². The highest BCUT2D eigenvalue weighted by Gasteiger charge is 2.14. The van der Waals surface area contributed by atoms with Crippen molar-refractivity contribution >= 4 is 27.5 Å². The lowest BCUT2D eigenvalue weighted by atomic mass is 10.1. The maximum Gasteiger partial charge on any atom is 0.262 e. The molecule has 0 aliphatic heterocycles. The summed E-state index contributed by atoms with van der Waals surface area (Å²) in [6.45, 7) is 4.79. The highest BCUT2D eigenvalue weighted by Crippen LogP contribution is 2.36. The average Bonchev–Trinajstić information content (AvgIpc) is 2.82. The molecule has 0 fully saturated rings. The van der Waals surface area contributed by atoms with Gasteiger partial charge in [-0.25, -0.2) is 0 Å². The van der Waals surface area contributed by atoms with E-state index in [4.69, 9.17) is 9.47 Å². The summed E-state index contributed by atoms with van der Waals surface area (Å²) in [6.07, 6.45) is 2.10. The first kappa shape index (κ1) is 24.8. The van der Waals surface area contributed by atoms with E-state index in [1.54, 1.807) is 7.11 Å². The van der Waals surface area contributed by atoms with Gasteiger partial charge in [0, 0.05) is 18.3 Å².